The minimum atomic E-state index is -1.01. The molecule has 0 fully saturated rings. The van der Waals surface area contributed by atoms with Crippen LogP contribution in [0.2, 0.25) is 0 Å². The van der Waals surface area contributed by atoms with E-state index in [0.29, 0.717) is 18.5 Å². The maximum Gasteiger partial charge on any atom is 0.338 e. The van der Waals surface area contributed by atoms with Crippen LogP contribution in [0.25, 0.3) is 0 Å². The van der Waals surface area contributed by atoms with Gasteiger partial charge in [-0.2, -0.15) is 0 Å². The van der Waals surface area contributed by atoms with Crippen molar-refractivity contribution in [2.24, 2.45) is 0 Å². The fourth-order valence-corrected chi connectivity index (χ4v) is 5.79. The Labute approximate surface area is 145 Å². The normalized spacial score (nSPS) is 10.1. The molecule has 8 heteroatoms. The van der Waals surface area contributed by atoms with E-state index in [2.05, 4.69) is 33.2 Å². The molecule has 18 heavy (non-hydrogen) atoms. The van der Waals surface area contributed by atoms with Crippen molar-refractivity contribution in [3.05, 3.63) is 16.3 Å². The molecule has 1 amide bonds. The molecular weight excluding hydrogens is 577 g/mol. The van der Waals surface area contributed by atoms with Gasteiger partial charge in [0.15, 0.2) is 0 Å². The number of carbonyl (C=O) groups is 2. The predicted octanol–water partition coefficient (Wildman–Crippen LogP) is 3.20. The Bertz CT molecular complexity index is 532. The first-order valence-corrected chi connectivity index (χ1v) is 7.94. The van der Waals surface area contributed by atoms with Crippen LogP contribution >= 0.6 is 67.8 Å². The SMILES string of the molecule is CNc1c(I)c(NC(C)=O)c(I)c(C(=O)O)c1I. The number of benzene rings is 1. The molecule has 5 nitrogen and oxygen atoms in total. The summed E-state index contributed by atoms with van der Waals surface area (Å²) in [5, 5.41) is 14.9. The van der Waals surface area contributed by atoms with Crippen LogP contribution in [0.15, 0.2) is 0 Å². The Morgan fingerprint density at radius 1 is 1.06 bits per heavy atom. The molecule has 0 heterocycles. The number of carboxylic acid groups (broad SMARTS) is 1. The standard InChI is InChI=1S/C10H9I3N2O3/c1-3(16)15-9-6(12)4(10(17)18)5(11)8(14-2)7(9)13/h14H,1-2H3,(H,15,16)(H,17,18). The van der Waals surface area contributed by atoms with Gasteiger partial charge in [-0.15, -0.1) is 0 Å². The number of anilines is 2. The lowest BCUT2D eigenvalue weighted by atomic mass is 10.1. The van der Waals surface area contributed by atoms with E-state index >= 15 is 0 Å². The van der Waals surface area contributed by atoms with E-state index in [1.807, 2.05) is 45.2 Å². The molecule has 0 atom stereocenters. The summed E-state index contributed by atoms with van der Waals surface area (Å²) < 4.78 is 1.96. The van der Waals surface area contributed by atoms with E-state index in [4.69, 9.17) is 0 Å². The third-order valence-corrected chi connectivity index (χ3v) is 5.32. The van der Waals surface area contributed by atoms with Crippen LogP contribution in [0.5, 0.6) is 0 Å². The Kier molecular flexibility index (Phi) is 5.89. The monoisotopic (exact) mass is 586 g/mol. The smallest absolute Gasteiger partial charge is 0.338 e. The third kappa shape index (κ3) is 3.18. The Hall–Kier alpha value is 0.150. The van der Waals surface area contributed by atoms with E-state index in [1.165, 1.54) is 6.92 Å². The second kappa shape index (κ2) is 6.54. The second-order valence-electron chi connectivity index (χ2n) is 3.30. The van der Waals surface area contributed by atoms with Crippen molar-refractivity contribution in [2.45, 2.75) is 6.92 Å². The van der Waals surface area contributed by atoms with E-state index in [9.17, 15) is 14.7 Å². The summed E-state index contributed by atoms with van der Waals surface area (Å²) in [6, 6.07) is 0. The third-order valence-electron chi connectivity index (χ3n) is 2.08. The fraction of sp³-hybridized carbons (Fsp3) is 0.200. The topological polar surface area (TPSA) is 78.4 Å². The Morgan fingerprint density at radius 2 is 1.56 bits per heavy atom. The van der Waals surface area contributed by atoms with Gasteiger partial charge in [0.05, 0.1) is 27.6 Å². The van der Waals surface area contributed by atoms with Gasteiger partial charge in [0.1, 0.15) is 0 Å². The van der Waals surface area contributed by atoms with E-state index in [0.717, 1.165) is 3.57 Å². The zero-order valence-corrected chi connectivity index (χ0v) is 15.9. The van der Waals surface area contributed by atoms with Crippen molar-refractivity contribution in [2.75, 3.05) is 17.7 Å². The minimum absolute atomic E-state index is 0.199. The minimum Gasteiger partial charge on any atom is -0.478 e. The molecule has 0 aromatic heterocycles. The van der Waals surface area contributed by atoms with Crippen molar-refractivity contribution in [1.82, 2.24) is 0 Å². The summed E-state index contributed by atoms with van der Waals surface area (Å²) >= 11 is 6.02. The first kappa shape index (κ1) is 16.2. The highest BCUT2D eigenvalue weighted by Gasteiger charge is 2.24. The number of hydrogen-bond acceptors (Lipinski definition) is 3. The van der Waals surface area contributed by atoms with Crippen LogP contribution < -0.4 is 10.6 Å². The van der Waals surface area contributed by atoms with Crippen molar-refractivity contribution in [3.8, 4) is 0 Å². The van der Waals surface area contributed by atoms with Crippen molar-refractivity contribution in [1.29, 1.82) is 0 Å². The van der Waals surface area contributed by atoms with E-state index in [1.54, 1.807) is 7.05 Å². The fourth-order valence-electron chi connectivity index (χ4n) is 1.36. The van der Waals surface area contributed by atoms with Crippen LogP contribution in [0.4, 0.5) is 11.4 Å². The molecule has 3 N–H and O–H groups in total. The average Bonchev–Trinajstić information content (AvgIpc) is 2.24. The quantitative estimate of drug-likeness (QED) is 0.477. The molecule has 0 bridgehead atoms. The summed E-state index contributed by atoms with van der Waals surface area (Å²) in [6.45, 7) is 1.39. The van der Waals surface area contributed by atoms with Crippen molar-refractivity contribution >= 4 is 91.0 Å². The van der Waals surface area contributed by atoms with E-state index in [-0.39, 0.29) is 11.5 Å². The van der Waals surface area contributed by atoms with Crippen LogP contribution in [0, 0.1) is 10.7 Å². The zero-order valence-electron chi connectivity index (χ0n) is 9.40. The summed E-state index contributed by atoms with van der Waals surface area (Å²) in [6.07, 6.45) is 0. The number of hydrogen-bond donors (Lipinski definition) is 3. The van der Waals surface area contributed by atoms with Gasteiger partial charge in [0.25, 0.3) is 0 Å². The molecule has 98 valence electrons. The van der Waals surface area contributed by atoms with Gasteiger partial charge in [-0.25, -0.2) is 4.79 Å². The van der Waals surface area contributed by atoms with Crippen LogP contribution in [-0.2, 0) is 4.79 Å². The lowest BCUT2D eigenvalue weighted by Crippen LogP contribution is -2.15. The lowest BCUT2D eigenvalue weighted by Gasteiger charge is -2.17. The van der Waals surface area contributed by atoms with Crippen LogP contribution in [-0.4, -0.2) is 24.0 Å². The zero-order chi connectivity index (χ0) is 14.0. The number of rotatable bonds is 3. The summed E-state index contributed by atoms with van der Waals surface area (Å²) in [5.41, 5.74) is 1.44. The van der Waals surface area contributed by atoms with Gasteiger partial charge in [-0.1, -0.05) is 0 Å². The van der Waals surface area contributed by atoms with Crippen molar-refractivity contribution in [3.63, 3.8) is 0 Å². The van der Waals surface area contributed by atoms with Crippen molar-refractivity contribution < 1.29 is 14.7 Å². The lowest BCUT2D eigenvalue weighted by molar-refractivity contribution is -0.114. The van der Waals surface area contributed by atoms with Crippen LogP contribution in [0.3, 0.4) is 0 Å². The Morgan fingerprint density at radius 3 is 1.94 bits per heavy atom. The predicted molar refractivity (Wildman–Crippen MR) is 95.4 cm³/mol. The largest absolute Gasteiger partial charge is 0.478 e. The second-order valence-corrected chi connectivity index (χ2v) is 6.54. The molecule has 1 aromatic rings. The van der Waals surface area contributed by atoms with Gasteiger partial charge >= 0.3 is 5.97 Å². The molecule has 0 radical (unpaired) electrons. The highest BCUT2D eigenvalue weighted by atomic mass is 127. The van der Waals surface area contributed by atoms with Gasteiger partial charge in [0.2, 0.25) is 5.91 Å². The number of nitrogens with one attached hydrogen (secondary N) is 2. The number of aromatic carboxylic acids is 1. The number of halogens is 3. The van der Waals surface area contributed by atoms with E-state index < -0.39 is 5.97 Å². The summed E-state index contributed by atoms with van der Waals surface area (Å²) in [4.78, 5) is 22.5. The molecule has 0 saturated carbocycles. The maximum absolute atomic E-state index is 11.3. The first-order chi connectivity index (χ1) is 8.31. The highest BCUT2D eigenvalue weighted by Crippen LogP contribution is 2.38. The first-order valence-electron chi connectivity index (χ1n) is 4.70. The van der Waals surface area contributed by atoms with Crippen LogP contribution in [0.1, 0.15) is 17.3 Å². The van der Waals surface area contributed by atoms with Gasteiger partial charge in [-0.3, -0.25) is 4.79 Å². The highest BCUT2D eigenvalue weighted by molar-refractivity contribution is 14.1. The molecule has 0 aliphatic rings. The molecule has 1 rings (SSSR count). The number of amides is 1. The average molecular weight is 586 g/mol. The maximum atomic E-state index is 11.3. The summed E-state index contributed by atoms with van der Waals surface area (Å²) in [7, 11) is 1.72. The summed E-state index contributed by atoms with van der Waals surface area (Å²) in [5.74, 6) is -1.24. The molecule has 0 aliphatic heterocycles. The molecule has 0 spiro atoms. The molecule has 0 unspecified atom stereocenters. The Balaban J connectivity index is 3.66. The number of carboxylic acids is 1. The van der Waals surface area contributed by atoms with Gasteiger partial charge in [0, 0.05) is 14.0 Å². The molecule has 0 saturated heterocycles. The molecule has 0 aliphatic carbocycles. The molecule has 1 aromatic carbocycles. The number of carbonyl (C=O) groups excluding carboxylic acids is 1. The van der Waals surface area contributed by atoms with Gasteiger partial charge in [-0.05, 0) is 67.8 Å². The van der Waals surface area contributed by atoms with Gasteiger partial charge < -0.3 is 15.7 Å². The molecular formula is C10H9I3N2O3.